The molecule has 0 bridgehead atoms. The van der Waals surface area contributed by atoms with Crippen LogP contribution >= 0.6 is 0 Å². The Hall–Kier alpha value is -2.10. The maximum absolute atomic E-state index is 12.9. The molecule has 1 saturated heterocycles. The van der Waals surface area contributed by atoms with E-state index in [-0.39, 0.29) is 17.8 Å². The molecule has 0 radical (unpaired) electrons. The fraction of sp³-hybridized carbons (Fsp3) is 0.267. The number of carbonyl (C=O) groups excluding carboxylic acids is 1. The average molecular weight is 259 g/mol. The summed E-state index contributed by atoms with van der Waals surface area (Å²) < 4.78 is 18.3. The number of hydrogen-bond acceptors (Lipinski definition) is 2. The maximum Gasteiger partial charge on any atom is 0.254 e. The minimum atomic E-state index is -0.333. The third-order valence-electron chi connectivity index (χ3n) is 3.48. The standard InChI is InChI=1S/C15H14FNO2/c16-12-7-5-11(6-8-12)15(18)17-9-1-3-13(17)14-4-2-10-19-14/h2,4-8,10,13H,1,3,9H2. The van der Waals surface area contributed by atoms with E-state index >= 15 is 0 Å². The summed E-state index contributed by atoms with van der Waals surface area (Å²) in [6.45, 7) is 0.710. The second-order valence-electron chi connectivity index (χ2n) is 4.68. The van der Waals surface area contributed by atoms with Crippen molar-refractivity contribution in [1.29, 1.82) is 0 Å². The van der Waals surface area contributed by atoms with Gasteiger partial charge in [-0.1, -0.05) is 0 Å². The molecule has 98 valence electrons. The molecule has 19 heavy (non-hydrogen) atoms. The number of hydrogen-bond donors (Lipinski definition) is 0. The zero-order valence-electron chi connectivity index (χ0n) is 10.4. The number of amides is 1. The van der Waals surface area contributed by atoms with Crippen molar-refractivity contribution < 1.29 is 13.6 Å². The van der Waals surface area contributed by atoms with Crippen LogP contribution in [0, 0.1) is 5.82 Å². The van der Waals surface area contributed by atoms with Crippen molar-refractivity contribution in [3.8, 4) is 0 Å². The van der Waals surface area contributed by atoms with Crippen molar-refractivity contribution in [2.45, 2.75) is 18.9 Å². The number of benzene rings is 1. The van der Waals surface area contributed by atoms with Gasteiger partial charge in [0.1, 0.15) is 11.6 Å². The molecule has 1 aromatic carbocycles. The summed E-state index contributed by atoms with van der Waals surface area (Å²) in [5, 5.41) is 0. The molecule has 0 saturated carbocycles. The summed E-state index contributed by atoms with van der Waals surface area (Å²) in [4.78, 5) is 14.2. The quantitative estimate of drug-likeness (QED) is 0.828. The Balaban J connectivity index is 1.84. The SMILES string of the molecule is O=C(c1ccc(F)cc1)N1CCCC1c1ccco1. The molecule has 1 aromatic heterocycles. The van der Waals surface area contributed by atoms with Crippen LogP contribution in [0.5, 0.6) is 0 Å². The van der Waals surface area contributed by atoms with Crippen LogP contribution in [-0.2, 0) is 0 Å². The molecule has 1 amide bonds. The van der Waals surface area contributed by atoms with Crippen molar-refractivity contribution in [2.75, 3.05) is 6.54 Å². The lowest BCUT2D eigenvalue weighted by molar-refractivity contribution is 0.0720. The van der Waals surface area contributed by atoms with Gasteiger partial charge in [0, 0.05) is 12.1 Å². The third-order valence-corrected chi connectivity index (χ3v) is 3.48. The lowest BCUT2D eigenvalue weighted by Crippen LogP contribution is -2.30. The highest BCUT2D eigenvalue weighted by Gasteiger charge is 2.32. The van der Waals surface area contributed by atoms with Crippen molar-refractivity contribution >= 4 is 5.91 Å². The van der Waals surface area contributed by atoms with Crippen molar-refractivity contribution in [3.05, 3.63) is 59.8 Å². The Morgan fingerprint density at radius 1 is 1.26 bits per heavy atom. The predicted molar refractivity (Wildman–Crippen MR) is 68.1 cm³/mol. The van der Waals surface area contributed by atoms with Gasteiger partial charge in [-0.15, -0.1) is 0 Å². The Kier molecular flexibility index (Phi) is 3.07. The van der Waals surface area contributed by atoms with Crippen molar-refractivity contribution in [2.24, 2.45) is 0 Å². The minimum absolute atomic E-state index is 0.00690. The first-order valence-corrected chi connectivity index (χ1v) is 6.35. The molecule has 3 nitrogen and oxygen atoms in total. The van der Waals surface area contributed by atoms with E-state index in [1.54, 1.807) is 11.2 Å². The zero-order valence-corrected chi connectivity index (χ0v) is 10.4. The number of furan rings is 1. The van der Waals surface area contributed by atoms with Crippen LogP contribution in [0.25, 0.3) is 0 Å². The lowest BCUT2D eigenvalue weighted by atomic mass is 10.1. The first-order valence-electron chi connectivity index (χ1n) is 6.35. The van der Waals surface area contributed by atoms with Gasteiger partial charge in [-0.3, -0.25) is 4.79 Å². The van der Waals surface area contributed by atoms with Gasteiger partial charge >= 0.3 is 0 Å². The third kappa shape index (κ3) is 2.26. The molecular weight excluding hydrogens is 245 g/mol. The molecule has 0 N–H and O–H groups in total. The van der Waals surface area contributed by atoms with E-state index < -0.39 is 0 Å². The van der Waals surface area contributed by atoms with Gasteiger partial charge < -0.3 is 9.32 Å². The van der Waals surface area contributed by atoms with E-state index in [0.717, 1.165) is 18.6 Å². The molecule has 1 aliphatic rings. The maximum atomic E-state index is 12.9. The highest BCUT2D eigenvalue weighted by atomic mass is 19.1. The van der Waals surface area contributed by atoms with Crippen LogP contribution < -0.4 is 0 Å². The Labute approximate surface area is 110 Å². The molecule has 4 heteroatoms. The van der Waals surface area contributed by atoms with Crippen LogP contribution in [0.4, 0.5) is 4.39 Å². The van der Waals surface area contributed by atoms with Gasteiger partial charge in [0.05, 0.1) is 12.3 Å². The summed E-state index contributed by atoms with van der Waals surface area (Å²) >= 11 is 0. The van der Waals surface area contributed by atoms with Crippen LogP contribution in [0.15, 0.2) is 47.1 Å². The average Bonchev–Trinajstić information content (AvgIpc) is 3.09. The molecule has 3 rings (SSSR count). The van der Waals surface area contributed by atoms with Gasteiger partial charge in [-0.05, 0) is 49.2 Å². The molecule has 2 heterocycles. The van der Waals surface area contributed by atoms with Crippen molar-refractivity contribution in [1.82, 2.24) is 4.90 Å². The number of halogens is 1. The molecular formula is C15H14FNO2. The van der Waals surface area contributed by atoms with Gasteiger partial charge in [-0.25, -0.2) is 4.39 Å². The molecule has 0 aliphatic carbocycles. The fourth-order valence-electron chi connectivity index (χ4n) is 2.54. The molecule has 1 fully saturated rings. The zero-order chi connectivity index (χ0) is 13.2. The molecule has 1 unspecified atom stereocenters. The van der Waals surface area contributed by atoms with Crippen LogP contribution in [0.3, 0.4) is 0 Å². The smallest absolute Gasteiger partial charge is 0.254 e. The Morgan fingerprint density at radius 2 is 2.05 bits per heavy atom. The lowest BCUT2D eigenvalue weighted by Gasteiger charge is -2.23. The van der Waals surface area contributed by atoms with E-state index in [4.69, 9.17) is 4.42 Å². The first kappa shape index (κ1) is 12.0. The second kappa shape index (κ2) is 4.88. The summed E-state index contributed by atoms with van der Waals surface area (Å²) in [5.41, 5.74) is 0.514. The van der Waals surface area contributed by atoms with E-state index in [1.165, 1.54) is 24.3 Å². The fourth-order valence-corrected chi connectivity index (χ4v) is 2.54. The first-order chi connectivity index (χ1) is 9.25. The van der Waals surface area contributed by atoms with E-state index in [2.05, 4.69) is 0 Å². The molecule has 0 spiro atoms. The van der Waals surface area contributed by atoms with Gasteiger partial charge in [0.2, 0.25) is 0 Å². The highest BCUT2D eigenvalue weighted by Crippen LogP contribution is 2.33. The molecule has 1 atom stereocenters. The second-order valence-corrected chi connectivity index (χ2v) is 4.68. The van der Waals surface area contributed by atoms with Crippen molar-refractivity contribution in [3.63, 3.8) is 0 Å². The monoisotopic (exact) mass is 259 g/mol. The largest absolute Gasteiger partial charge is 0.467 e. The van der Waals surface area contributed by atoms with Crippen LogP contribution in [0.1, 0.15) is 35.0 Å². The number of nitrogens with zero attached hydrogens (tertiary/aromatic N) is 1. The van der Waals surface area contributed by atoms with Gasteiger partial charge in [-0.2, -0.15) is 0 Å². The summed E-state index contributed by atoms with van der Waals surface area (Å²) in [6, 6.07) is 9.38. The Bertz CT molecular complexity index is 562. The normalized spacial score (nSPS) is 18.8. The summed E-state index contributed by atoms with van der Waals surface area (Å²) in [5.74, 6) is 0.410. The number of rotatable bonds is 2. The van der Waals surface area contributed by atoms with E-state index in [9.17, 15) is 9.18 Å². The predicted octanol–water partition coefficient (Wildman–Crippen LogP) is 3.40. The Morgan fingerprint density at radius 3 is 2.74 bits per heavy atom. The number of likely N-dealkylation sites (tertiary alicyclic amines) is 1. The molecule has 1 aliphatic heterocycles. The topological polar surface area (TPSA) is 33.5 Å². The van der Waals surface area contributed by atoms with Gasteiger partial charge in [0.15, 0.2) is 0 Å². The highest BCUT2D eigenvalue weighted by molar-refractivity contribution is 5.94. The summed E-state index contributed by atoms with van der Waals surface area (Å²) in [6.07, 6.45) is 3.48. The minimum Gasteiger partial charge on any atom is -0.467 e. The van der Waals surface area contributed by atoms with E-state index in [1.807, 2.05) is 12.1 Å². The summed E-state index contributed by atoms with van der Waals surface area (Å²) in [7, 11) is 0. The van der Waals surface area contributed by atoms with E-state index in [0.29, 0.717) is 12.1 Å². The van der Waals surface area contributed by atoms with Crippen LogP contribution in [-0.4, -0.2) is 17.4 Å². The number of carbonyl (C=O) groups is 1. The van der Waals surface area contributed by atoms with Gasteiger partial charge in [0.25, 0.3) is 5.91 Å². The molecule has 2 aromatic rings. The van der Waals surface area contributed by atoms with Crippen LogP contribution in [0.2, 0.25) is 0 Å².